The number of aldehydes is 2. The van der Waals surface area contributed by atoms with E-state index in [0.29, 0.717) is 0 Å². The fourth-order valence-corrected chi connectivity index (χ4v) is 12.5. The molecular formula is C42H81N7O3. The van der Waals surface area contributed by atoms with Crippen molar-refractivity contribution < 1.29 is 14.8 Å². The van der Waals surface area contributed by atoms with Crippen molar-refractivity contribution >= 4 is 12.6 Å². The quantitative estimate of drug-likeness (QED) is 0.128. The molecule has 0 saturated carbocycles. The van der Waals surface area contributed by atoms with E-state index in [1.165, 1.54) is 5.06 Å². The third-order valence-corrected chi connectivity index (χ3v) is 12.2. The second kappa shape index (κ2) is 14.8. The molecule has 4 aliphatic rings. The van der Waals surface area contributed by atoms with Gasteiger partial charge in [-0.15, -0.1) is 0 Å². The molecule has 4 heterocycles. The highest BCUT2D eigenvalue weighted by Gasteiger charge is 2.50. The van der Waals surface area contributed by atoms with E-state index in [2.05, 4.69) is 142 Å². The zero-order valence-corrected chi connectivity index (χ0v) is 36.3. The molecular weight excluding hydrogens is 651 g/mol. The second-order valence-corrected chi connectivity index (χ2v) is 23.0. The normalized spacial score (nSPS) is 29.9. The summed E-state index contributed by atoms with van der Waals surface area (Å²) < 4.78 is 0. The fourth-order valence-electron chi connectivity index (χ4n) is 12.5. The van der Waals surface area contributed by atoms with Crippen molar-refractivity contribution in [1.29, 1.82) is 0 Å². The van der Waals surface area contributed by atoms with Crippen molar-refractivity contribution in [3.05, 3.63) is 0 Å². The molecule has 4 saturated heterocycles. The predicted molar refractivity (Wildman–Crippen MR) is 214 cm³/mol. The van der Waals surface area contributed by atoms with Crippen LogP contribution in [-0.2, 0) is 9.59 Å². The van der Waals surface area contributed by atoms with Crippen molar-refractivity contribution in [3.63, 3.8) is 0 Å². The Bertz CT molecular complexity index is 1020. The number of nitrogens with one attached hydrogen (secondary N) is 4. The van der Waals surface area contributed by atoms with Gasteiger partial charge in [0.05, 0.1) is 12.1 Å². The molecule has 0 amide bonds. The Morgan fingerprint density at radius 3 is 0.769 bits per heavy atom. The minimum absolute atomic E-state index is 0.106. The highest BCUT2D eigenvalue weighted by molar-refractivity contribution is 5.59. The summed E-state index contributed by atoms with van der Waals surface area (Å²) in [5, 5.41) is 28.6. The standard InChI is InChI=1S/C42H81N7O3/c1-35(2)17-29(18-36(3,4)43-35)48(30-19-37(5,6)44-38(7,8)20-30)33(27-50)25-47(52)26-34(28-51)49(31-21-39(9,10)45-40(11,12)22-31)32-23-41(13,14)46-42(15,16)24-32/h27-34,43-46,52H,17-26H2,1-16H3. The van der Waals surface area contributed by atoms with Crippen LogP contribution in [0.5, 0.6) is 0 Å². The van der Waals surface area contributed by atoms with Gasteiger partial charge in [0, 0.05) is 81.6 Å². The lowest BCUT2D eigenvalue weighted by atomic mass is 9.74. The van der Waals surface area contributed by atoms with Crippen molar-refractivity contribution in [1.82, 2.24) is 36.1 Å². The van der Waals surface area contributed by atoms with Crippen molar-refractivity contribution in [2.75, 3.05) is 13.1 Å². The molecule has 4 rings (SSSR count). The lowest BCUT2D eigenvalue weighted by molar-refractivity contribution is -0.150. The number of carbonyl (C=O) groups excluding carboxylic acids is 2. The molecule has 0 spiro atoms. The maximum Gasteiger partial charge on any atom is 0.138 e. The molecule has 10 nitrogen and oxygen atoms in total. The number of nitrogens with zero attached hydrogens (tertiary/aromatic N) is 3. The Hall–Kier alpha value is -0.980. The number of hydroxylamine groups is 2. The zero-order valence-electron chi connectivity index (χ0n) is 36.3. The molecule has 4 fully saturated rings. The number of carbonyl (C=O) groups is 2. The Kier molecular flexibility index (Phi) is 12.5. The van der Waals surface area contributed by atoms with E-state index in [1.807, 2.05) is 0 Å². The molecule has 5 N–H and O–H groups in total. The first-order chi connectivity index (χ1) is 23.4. The topological polar surface area (TPSA) is 112 Å². The van der Waals surface area contributed by atoms with Crippen LogP contribution in [0.1, 0.15) is 162 Å². The van der Waals surface area contributed by atoms with E-state index in [1.54, 1.807) is 0 Å². The Morgan fingerprint density at radius 1 is 0.442 bits per heavy atom. The van der Waals surface area contributed by atoms with Crippen LogP contribution in [0.25, 0.3) is 0 Å². The second-order valence-electron chi connectivity index (χ2n) is 23.0. The largest absolute Gasteiger partial charge is 0.314 e. The van der Waals surface area contributed by atoms with Crippen LogP contribution < -0.4 is 21.3 Å². The molecule has 52 heavy (non-hydrogen) atoms. The third-order valence-electron chi connectivity index (χ3n) is 12.2. The van der Waals surface area contributed by atoms with Crippen LogP contribution >= 0.6 is 0 Å². The Balaban J connectivity index is 1.68. The molecule has 0 aromatic carbocycles. The maximum atomic E-state index is 13.4. The summed E-state index contributed by atoms with van der Waals surface area (Å²) in [5.74, 6) is 0. The summed E-state index contributed by atoms with van der Waals surface area (Å²) in [6, 6.07) is -0.433. The summed E-state index contributed by atoms with van der Waals surface area (Å²) >= 11 is 0. The average Bonchev–Trinajstić information content (AvgIpc) is 2.85. The van der Waals surface area contributed by atoms with Gasteiger partial charge in [-0.1, -0.05) is 0 Å². The van der Waals surface area contributed by atoms with E-state index in [9.17, 15) is 14.8 Å². The van der Waals surface area contributed by atoms with Crippen LogP contribution in [0, 0.1) is 0 Å². The van der Waals surface area contributed by atoms with E-state index in [4.69, 9.17) is 0 Å². The smallest absolute Gasteiger partial charge is 0.138 e. The monoisotopic (exact) mass is 732 g/mol. The van der Waals surface area contributed by atoms with Gasteiger partial charge < -0.3 is 36.1 Å². The van der Waals surface area contributed by atoms with Gasteiger partial charge in [0.1, 0.15) is 12.6 Å². The minimum Gasteiger partial charge on any atom is -0.314 e. The third kappa shape index (κ3) is 11.5. The average molecular weight is 732 g/mol. The van der Waals surface area contributed by atoms with E-state index in [0.717, 1.165) is 63.9 Å². The lowest BCUT2D eigenvalue weighted by Gasteiger charge is -2.57. The summed E-state index contributed by atoms with van der Waals surface area (Å²) in [6.45, 7) is 36.5. The van der Waals surface area contributed by atoms with Crippen LogP contribution in [-0.4, -0.2) is 126 Å². The molecule has 0 aliphatic carbocycles. The number of hydrogen-bond donors (Lipinski definition) is 5. The first kappa shape index (κ1) is 43.7. The summed E-state index contributed by atoms with van der Waals surface area (Å²) in [5.41, 5.74) is -0.850. The van der Waals surface area contributed by atoms with Gasteiger partial charge in [0.25, 0.3) is 0 Å². The van der Waals surface area contributed by atoms with E-state index in [-0.39, 0.29) is 81.6 Å². The highest BCUT2D eigenvalue weighted by atomic mass is 16.5. The van der Waals surface area contributed by atoms with E-state index >= 15 is 0 Å². The fraction of sp³-hybridized carbons (Fsp3) is 0.952. The molecule has 0 bridgehead atoms. The van der Waals surface area contributed by atoms with Gasteiger partial charge in [0.15, 0.2) is 0 Å². The van der Waals surface area contributed by atoms with Crippen LogP contribution in [0.15, 0.2) is 0 Å². The first-order valence-corrected chi connectivity index (χ1v) is 20.4. The molecule has 4 aliphatic heterocycles. The zero-order chi connectivity index (χ0) is 39.5. The summed E-state index contributed by atoms with van der Waals surface area (Å²) in [7, 11) is 0. The van der Waals surface area contributed by atoms with Gasteiger partial charge in [-0.05, 0) is 162 Å². The van der Waals surface area contributed by atoms with Crippen LogP contribution in [0.2, 0.25) is 0 Å². The van der Waals surface area contributed by atoms with Crippen molar-refractivity contribution in [3.8, 4) is 0 Å². The SMILES string of the molecule is CC1(C)CC(N(C(C=O)CN(O)CC(C=O)N(C2CC(C)(C)NC(C)(C)C2)C2CC(C)(C)NC(C)(C)C2)C2CC(C)(C)NC(C)(C)C2)CC(C)(C)N1. The van der Waals surface area contributed by atoms with Gasteiger partial charge in [-0.3, -0.25) is 9.80 Å². The molecule has 10 heteroatoms. The van der Waals surface area contributed by atoms with Gasteiger partial charge in [-0.25, -0.2) is 0 Å². The minimum atomic E-state index is -0.524. The van der Waals surface area contributed by atoms with Gasteiger partial charge >= 0.3 is 0 Å². The van der Waals surface area contributed by atoms with Crippen molar-refractivity contribution in [2.45, 2.75) is 243 Å². The van der Waals surface area contributed by atoms with Crippen LogP contribution in [0.4, 0.5) is 0 Å². The number of rotatable bonds is 12. The number of hydrogen-bond acceptors (Lipinski definition) is 10. The Morgan fingerprint density at radius 2 is 0.615 bits per heavy atom. The molecule has 2 atom stereocenters. The number of piperidine rings is 4. The lowest BCUT2D eigenvalue weighted by Crippen LogP contribution is -2.70. The molecule has 0 aromatic rings. The van der Waals surface area contributed by atoms with Gasteiger partial charge in [0.2, 0.25) is 0 Å². The molecule has 0 radical (unpaired) electrons. The first-order valence-electron chi connectivity index (χ1n) is 20.4. The predicted octanol–water partition coefficient (Wildman–Crippen LogP) is 5.65. The van der Waals surface area contributed by atoms with Crippen molar-refractivity contribution in [2.24, 2.45) is 0 Å². The van der Waals surface area contributed by atoms with E-state index < -0.39 is 12.1 Å². The molecule has 2 unspecified atom stereocenters. The van der Waals surface area contributed by atoms with Crippen LogP contribution in [0.3, 0.4) is 0 Å². The Labute approximate surface area is 318 Å². The maximum absolute atomic E-state index is 13.4. The summed E-state index contributed by atoms with van der Waals surface area (Å²) in [6.07, 6.45) is 9.39. The molecule has 302 valence electrons. The highest BCUT2D eigenvalue weighted by Crippen LogP contribution is 2.41. The molecule has 0 aromatic heterocycles. The summed E-state index contributed by atoms with van der Waals surface area (Å²) in [4.78, 5) is 31.7. The van der Waals surface area contributed by atoms with Gasteiger partial charge in [-0.2, -0.15) is 5.06 Å².